The molecule has 0 aliphatic rings. The average molecular weight is 284 g/mol. The van der Waals surface area contributed by atoms with Crippen molar-refractivity contribution in [2.75, 3.05) is 0 Å². The predicted molar refractivity (Wildman–Crippen MR) is 60.0 cm³/mol. The predicted octanol–water partition coefficient (Wildman–Crippen LogP) is 2.63. The molecule has 0 amide bonds. The number of carbonyl (C=O) groups is 2. The highest BCUT2D eigenvalue weighted by molar-refractivity contribution is 9.10. The van der Waals surface area contributed by atoms with Crippen LogP contribution in [0.15, 0.2) is 28.9 Å². The van der Waals surface area contributed by atoms with Crippen LogP contribution in [-0.4, -0.2) is 26.8 Å². The third-order valence-electron chi connectivity index (χ3n) is 2.20. The van der Waals surface area contributed by atoms with Gasteiger partial charge in [0.25, 0.3) is 0 Å². The first kappa shape index (κ1) is 10.7. The van der Waals surface area contributed by atoms with Crippen LogP contribution in [0.2, 0.25) is 0 Å². The summed E-state index contributed by atoms with van der Waals surface area (Å²) < 4.78 is 1.59. The lowest BCUT2D eigenvalue weighted by Crippen LogP contribution is -2.05. The normalized spacial score (nSPS) is 10.6. The summed E-state index contributed by atoms with van der Waals surface area (Å²) in [6, 6.07) is 4.80. The Labute approximate surface area is 98.0 Å². The number of benzene rings is 1. The molecule has 0 spiro atoms. The van der Waals surface area contributed by atoms with E-state index in [0.717, 1.165) is 10.8 Å². The summed E-state index contributed by atoms with van der Waals surface area (Å²) in [4.78, 5) is 21.8. The number of aromatic carboxylic acids is 1. The van der Waals surface area contributed by atoms with Gasteiger partial charge in [0.1, 0.15) is 0 Å². The molecule has 0 aliphatic carbocycles. The Hall–Kier alpha value is -1.82. The van der Waals surface area contributed by atoms with E-state index < -0.39 is 12.1 Å². The zero-order valence-corrected chi connectivity index (χ0v) is 9.43. The van der Waals surface area contributed by atoms with E-state index in [9.17, 15) is 9.59 Å². The van der Waals surface area contributed by atoms with Gasteiger partial charge in [0.05, 0.1) is 11.1 Å². The van der Waals surface area contributed by atoms with Gasteiger partial charge in [0.2, 0.25) is 0 Å². The third-order valence-corrected chi connectivity index (χ3v) is 2.70. The van der Waals surface area contributed by atoms with E-state index in [1.165, 1.54) is 0 Å². The van der Waals surface area contributed by atoms with Crippen molar-refractivity contribution in [1.29, 1.82) is 0 Å². The second-order valence-electron chi connectivity index (χ2n) is 3.16. The fraction of sp³-hybridized carbons (Fsp3) is 0. The molecule has 5 nitrogen and oxygen atoms in total. The van der Waals surface area contributed by atoms with Gasteiger partial charge in [-0.1, -0.05) is 15.9 Å². The first-order valence-corrected chi connectivity index (χ1v) is 5.07. The maximum absolute atomic E-state index is 10.9. The second-order valence-corrected chi connectivity index (χ2v) is 4.08. The van der Waals surface area contributed by atoms with Crippen LogP contribution in [0.4, 0.5) is 4.79 Å². The van der Waals surface area contributed by atoms with Crippen molar-refractivity contribution in [3.05, 3.63) is 34.4 Å². The summed E-state index contributed by atoms with van der Waals surface area (Å²) in [7, 11) is 0. The van der Waals surface area contributed by atoms with Crippen LogP contribution in [0, 0.1) is 0 Å². The Morgan fingerprint density at radius 2 is 1.94 bits per heavy atom. The quantitative estimate of drug-likeness (QED) is 0.843. The minimum atomic E-state index is -1.21. The van der Waals surface area contributed by atoms with Gasteiger partial charge in [-0.2, -0.15) is 0 Å². The summed E-state index contributed by atoms with van der Waals surface area (Å²) in [6.07, 6.45) is -0.110. The number of fused-ring (bicyclic) bond motifs is 1. The molecule has 82 valence electrons. The van der Waals surface area contributed by atoms with Crippen molar-refractivity contribution in [1.82, 2.24) is 4.57 Å². The standard InChI is InChI=1S/C10H6BrNO4/c11-5-1-2-8-6(3-5)7(9(13)14)4-12(8)10(15)16/h1-4H,(H,13,14)(H,15,16). The largest absolute Gasteiger partial charge is 0.478 e. The molecule has 0 saturated carbocycles. The first-order chi connectivity index (χ1) is 7.50. The highest BCUT2D eigenvalue weighted by Crippen LogP contribution is 2.25. The smallest absolute Gasteiger partial charge is 0.416 e. The average Bonchev–Trinajstić information content (AvgIpc) is 2.56. The van der Waals surface area contributed by atoms with Crippen LogP contribution in [0.5, 0.6) is 0 Å². The van der Waals surface area contributed by atoms with Gasteiger partial charge < -0.3 is 10.2 Å². The zero-order valence-electron chi connectivity index (χ0n) is 7.85. The van der Waals surface area contributed by atoms with Crippen LogP contribution in [-0.2, 0) is 0 Å². The molecule has 2 aromatic rings. The van der Waals surface area contributed by atoms with Gasteiger partial charge >= 0.3 is 12.1 Å². The number of carboxylic acid groups (broad SMARTS) is 2. The van der Waals surface area contributed by atoms with Gasteiger partial charge in [0, 0.05) is 16.1 Å². The van der Waals surface area contributed by atoms with Crippen LogP contribution in [0.25, 0.3) is 10.9 Å². The van der Waals surface area contributed by atoms with E-state index in [4.69, 9.17) is 10.2 Å². The molecule has 0 bridgehead atoms. The highest BCUT2D eigenvalue weighted by Gasteiger charge is 2.17. The number of rotatable bonds is 1. The van der Waals surface area contributed by atoms with E-state index >= 15 is 0 Å². The molecular formula is C10H6BrNO4. The number of hydrogen-bond donors (Lipinski definition) is 2. The van der Waals surface area contributed by atoms with Gasteiger partial charge in [-0.25, -0.2) is 9.59 Å². The molecule has 1 aromatic carbocycles. The van der Waals surface area contributed by atoms with Crippen LogP contribution in [0.3, 0.4) is 0 Å². The molecule has 0 radical (unpaired) electrons. The minimum absolute atomic E-state index is 0.0290. The third kappa shape index (κ3) is 1.57. The molecule has 1 aromatic heterocycles. The number of halogens is 1. The first-order valence-electron chi connectivity index (χ1n) is 4.28. The fourth-order valence-corrected chi connectivity index (χ4v) is 1.89. The van der Waals surface area contributed by atoms with Gasteiger partial charge in [-0.05, 0) is 18.2 Å². The molecule has 0 atom stereocenters. The molecule has 0 saturated heterocycles. The lowest BCUT2D eigenvalue weighted by Gasteiger charge is -1.97. The maximum atomic E-state index is 10.9. The summed E-state index contributed by atoms with van der Waals surface area (Å²) in [5, 5.41) is 18.2. The molecule has 16 heavy (non-hydrogen) atoms. The van der Waals surface area contributed by atoms with Crippen LogP contribution >= 0.6 is 15.9 Å². The Morgan fingerprint density at radius 3 is 2.50 bits per heavy atom. The molecule has 2 N–H and O–H groups in total. The summed E-state index contributed by atoms with van der Waals surface area (Å²) >= 11 is 3.21. The van der Waals surface area contributed by atoms with Crippen LogP contribution in [0.1, 0.15) is 10.4 Å². The SMILES string of the molecule is O=C(O)c1cn(C(=O)O)c2ccc(Br)cc12. The monoisotopic (exact) mass is 283 g/mol. The van der Waals surface area contributed by atoms with Crippen molar-refractivity contribution in [3.8, 4) is 0 Å². The van der Waals surface area contributed by atoms with Crippen molar-refractivity contribution < 1.29 is 19.8 Å². The molecular weight excluding hydrogens is 278 g/mol. The second kappa shape index (κ2) is 3.64. The molecule has 6 heteroatoms. The van der Waals surface area contributed by atoms with E-state index in [1.54, 1.807) is 18.2 Å². The Bertz CT molecular complexity index is 602. The highest BCUT2D eigenvalue weighted by atomic mass is 79.9. The van der Waals surface area contributed by atoms with Crippen molar-refractivity contribution in [2.45, 2.75) is 0 Å². The van der Waals surface area contributed by atoms with Crippen molar-refractivity contribution >= 4 is 38.9 Å². The number of nitrogens with zero attached hydrogens (tertiary/aromatic N) is 1. The van der Waals surface area contributed by atoms with E-state index in [1.807, 2.05) is 0 Å². The molecule has 0 aliphatic heterocycles. The Balaban J connectivity index is 2.87. The lowest BCUT2D eigenvalue weighted by atomic mass is 10.2. The summed E-state index contributed by atoms with van der Waals surface area (Å²) in [5.74, 6) is -1.15. The Morgan fingerprint density at radius 1 is 1.25 bits per heavy atom. The zero-order chi connectivity index (χ0) is 11.9. The van der Waals surface area contributed by atoms with Gasteiger partial charge in [0.15, 0.2) is 0 Å². The maximum Gasteiger partial charge on any atom is 0.416 e. The molecule has 1 heterocycles. The van der Waals surface area contributed by atoms with E-state index in [-0.39, 0.29) is 5.56 Å². The molecule has 2 rings (SSSR count). The van der Waals surface area contributed by atoms with Crippen LogP contribution < -0.4 is 0 Å². The number of aromatic nitrogens is 1. The van der Waals surface area contributed by atoms with Crippen molar-refractivity contribution in [2.24, 2.45) is 0 Å². The van der Waals surface area contributed by atoms with E-state index in [2.05, 4.69) is 15.9 Å². The molecule has 0 unspecified atom stereocenters. The minimum Gasteiger partial charge on any atom is -0.478 e. The molecule has 0 fully saturated rings. The Kier molecular flexibility index (Phi) is 2.43. The number of hydrogen-bond acceptors (Lipinski definition) is 2. The van der Waals surface area contributed by atoms with Gasteiger partial charge in [-0.15, -0.1) is 0 Å². The lowest BCUT2D eigenvalue weighted by molar-refractivity contribution is 0.0699. The van der Waals surface area contributed by atoms with E-state index in [0.29, 0.717) is 15.4 Å². The number of carboxylic acids is 1. The fourth-order valence-electron chi connectivity index (χ4n) is 1.53. The van der Waals surface area contributed by atoms with Crippen molar-refractivity contribution in [3.63, 3.8) is 0 Å². The summed E-state index contributed by atoms with van der Waals surface area (Å²) in [6.45, 7) is 0. The van der Waals surface area contributed by atoms with Gasteiger partial charge in [-0.3, -0.25) is 4.57 Å². The summed E-state index contributed by atoms with van der Waals surface area (Å²) in [5.41, 5.74) is 0.326. The topological polar surface area (TPSA) is 79.5 Å².